The minimum atomic E-state index is -1.65. The molecule has 19 nitrogen and oxygen atoms in total. The summed E-state index contributed by atoms with van der Waals surface area (Å²) >= 11 is 0. The van der Waals surface area contributed by atoms with Gasteiger partial charge in [-0.15, -0.1) is 0 Å². The van der Waals surface area contributed by atoms with E-state index in [1.807, 2.05) is 0 Å². The highest BCUT2D eigenvalue weighted by Crippen LogP contribution is 2.58. The second kappa shape index (κ2) is 20.0. The number of phenolic OH excluding ortho intramolecular Hbond substituents is 5. The molecule has 6 aromatic rings. The van der Waals surface area contributed by atoms with Crippen LogP contribution in [0, 0.1) is 0 Å². The van der Waals surface area contributed by atoms with Crippen LogP contribution in [0.1, 0.15) is 68.6 Å². The Labute approximate surface area is 416 Å². The third kappa shape index (κ3) is 9.55. The van der Waals surface area contributed by atoms with Crippen molar-refractivity contribution in [2.45, 2.75) is 85.5 Å². The molecule has 14 atom stereocenters. The molecule has 0 radical (unpaired) electrons. The third-order valence-corrected chi connectivity index (χ3v) is 13.6. The molecule has 382 valence electrons. The van der Waals surface area contributed by atoms with Gasteiger partial charge in [-0.25, -0.2) is 0 Å². The van der Waals surface area contributed by atoms with E-state index >= 15 is 0 Å². The number of hydrogen-bond donors (Lipinski definition) is 13. The van der Waals surface area contributed by atoms with Gasteiger partial charge in [0.2, 0.25) is 12.6 Å². The molecule has 2 fully saturated rings. The monoisotopic (exact) mass is 1000 g/mol. The Balaban J connectivity index is 0.948. The SMILES string of the molecule is OC[C@H]1O[C@@H](Oc2ccc(/C=C/c3cc(O)c4c(c3)O[C@H](c3ccc(O)cc3)[C@H]4c3cc(O)c4c(c3)O[C@H](c3ccc(O[C@@H]5O[C@H](CO)[C@@H](O)[C@H](O)[C@H]5O)cc3)[C@H]4c3cc(O)cc(O)c3)cc2)[C@H](O)[C@@H](O)[C@@H]1O. The Kier molecular flexibility index (Phi) is 13.6. The lowest BCUT2D eigenvalue weighted by molar-refractivity contribution is -0.277. The van der Waals surface area contributed by atoms with Gasteiger partial charge in [0, 0.05) is 17.2 Å². The van der Waals surface area contributed by atoms with Gasteiger partial charge in [0.05, 0.1) is 25.0 Å². The summed E-state index contributed by atoms with van der Waals surface area (Å²) in [4.78, 5) is 0. The van der Waals surface area contributed by atoms with Crippen LogP contribution in [-0.2, 0) is 9.47 Å². The van der Waals surface area contributed by atoms with E-state index in [1.165, 1.54) is 30.3 Å². The molecule has 0 saturated carbocycles. The minimum Gasteiger partial charge on any atom is -0.508 e. The fourth-order valence-corrected chi connectivity index (χ4v) is 9.92. The van der Waals surface area contributed by atoms with Gasteiger partial charge in [-0.1, -0.05) is 48.6 Å². The second-order valence-electron chi connectivity index (χ2n) is 18.4. The lowest BCUT2D eigenvalue weighted by Crippen LogP contribution is -2.60. The average molecular weight is 1000 g/mol. The van der Waals surface area contributed by atoms with Crippen LogP contribution < -0.4 is 18.9 Å². The first-order chi connectivity index (χ1) is 35.1. The van der Waals surface area contributed by atoms with Crippen LogP contribution in [-0.4, -0.2) is 141 Å². The lowest BCUT2D eigenvalue weighted by atomic mass is 9.81. The fourth-order valence-electron chi connectivity index (χ4n) is 9.92. The van der Waals surface area contributed by atoms with Gasteiger partial charge in [0.1, 0.15) is 113 Å². The quantitative estimate of drug-likeness (QED) is 0.0783. The molecule has 4 heterocycles. The van der Waals surface area contributed by atoms with Crippen molar-refractivity contribution in [3.05, 3.63) is 160 Å². The molecule has 13 N–H and O–H groups in total. The molecule has 73 heavy (non-hydrogen) atoms. The summed E-state index contributed by atoms with van der Waals surface area (Å²) in [6, 6.07) is 30.1. The van der Waals surface area contributed by atoms with Crippen molar-refractivity contribution in [3.8, 4) is 51.7 Å². The molecule has 0 spiro atoms. The van der Waals surface area contributed by atoms with E-state index in [9.17, 15) is 66.4 Å². The van der Waals surface area contributed by atoms with Crippen molar-refractivity contribution in [2.75, 3.05) is 13.2 Å². The summed E-state index contributed by atoms with van der Waals surface area (Å²) in [5.74, 6) is -1.29. The zero-order chi connectivity index (χ0) is 51.4. The average Bonchev–Trinajstić information content (AvgIpc) is 3.97. The van der Waals surface area contributed by atoms with E-state index in [-0.39, 0.29) is 46.0 Å². The summed E-state index contributed by atoms with van der Waals surface area (Å²) in [6.07, 6.45) is -12.8. The Morgan fingerprint density at radius 2 is 0.849 bits per heavy atom. The predicted molar refractivity (Wildman–Crippen MR) is 255 cm³/mol. The first-order valence-electron chi connectivity index (χ1n) is 23.3. The normalized spacial score (nSPS) is 29.5. The van der Waals surface area contributed by atoms with Gasteiger partial charge in [-0.3, -0.25) is 0 Å². The molecule has 0 bridgehead atoms. The number of fused-ring (bicyclic) bond motifs is 2. The number of ether oxygens (including phenoxy) is 6. The molecular weight excluding hydrogens is 953 g/mol. The third-order valence-electron chi connectivity index (χ3n) is 13.6. The molecule has 0 amide bonds. The molecule has 0 unspecified atom stereocenters. The van der Waals surface area contributed by atoms with Crippen LogP contribution in [0.4, 0.5) is 0 Å². The van der Waals surface area contributed by atoms with Crippen molar-refractivity contribution in [1.82, 2.24) is 0 Å². The fraction of sp³-hybridized carbons (Fsp3) is 0.296. The van der Waals surface area contributed by atoms with E-state index in [0.29, 0.717) is 50.3 Å². The maximum Gasteiger partial charge on any atom is 0.229 e. The van der Waals surface area contributed by atoms with Crippen molar-refractivity contribution in [2.24, 2.45) is 0 Å². The van der Waals surface area contributed by atoms with E-state index in [4.69, 9.17) is 28.4 Å². The number of aliphatic hydroxyl groups excluding tert-OH is 8. The molecule has 4 aliphatic rings. The number of rotatable bonds is 12. The number of hydrogen-bond acceptors (Lipinski definition) is 19. The van der Waals surface area contributed by atoms with Gasteiger partial charge in [-0.2, -0.15) is 0 Å². The molecule has 4 aliphatic heterocycles. The van der Waals surface area contributed by atoms with E-state index in [1.54, 1.807) is 97.1 Å². The van der Waals surface area contributed by atoms with Gasteiger partial charge in [0.25, 0.3) is 0 Å². The first kappa shape index (κ1) is 49.4. The van der Waals surface area contributed by atoms with Crippen LogP contribution in [0.25, 0.3) is 12.2 Å². The van der Waals surface area contributed by atoms with Gasteiger partial charge in [0.15, 0.2) is 0 Å². The minimum absolute atomic E-state index is 0.0201. The smallest absolute Gasteiger partial charge is 0.229 e. The molecule has 0 aliphatic carbocycles. The summed E-state index contributed by atoms with van der Waals surface area (Å²) in [5.41, 5.74) is 4.09. The summed E-state index contributed by atoms with van der Waals surface area (Å²) in [6.45, 7) is -1.24. The highest BCUT2D eigenvalue weighted by Gasteiger charge is 2.47. The maximum absolute atomic E-state index is 12.1. The highest BCUT2D eigenvalue weighted by atomic mass is 16.7. The van der Waals surface area contributed by atoms with Gasteiger partial charge >= 0.3 is 0 Å². The Hall–Kier alpha value is -7.14. The molecular formula is C54H52O19. The number of phenols is 5. The predicted octanol–water partition coefficient (Wildman–Crippen LogP) is 3.27. The summed E-state index contributed by atoms with van der Waals surface area (Å²) in [7, 11) is 0. The first-order valence-corrected chi connectivity index (χ1v) is 23.3. The van der Waals surface area contributed by atoms with Crippen molar-refractivity contribution in [3.63, 3.8) is 0 Å². The molecule has 10 rings (SSSR count). The lowest BCUT2D eigenvalue weighted by Gasteiger charge is -2.39. The van der Waals surface area contributed by atoms with Crippen LogP contribution >= 0.6 is 0 Å². The van der Waals surface area contributed by atoms with Crippen molar-refractivity contribution in [1.29, 1.82) is 0 Å². The Morgan fingerprint density at radius 3 is 1.36 bits per heavy atom. The van der Waals surface area contributed by atoms with Crippen LogP contribution in [0.2, 0.25) is 0 Å². The standard InChI is InChI=1S/C54H52O19/c55-22-39-45(62)47(64)49(66)53(72-39)68-33-11-3-24(4-12-33)1-2-25-15-35(60)43-37(16-25)70-51(26-5-9-30(57)10-6-26)42(43)29-19-36(61)44-38(20-29)71-52(41(44)28-17-31(58)21-32(59)18-28)27-7-13-34(14-8-27)69-54-50(67)48(65)46(63)40(23-56)73-54/h1-21,39-42,45-67H,22-23H2/b2-1+/t39-,40-,41+,42+,45-,46-,47+,48+,49-,50-,51-,52-,53-,54-/m1/s1. The topological polar surface area (TPSA) is 318 Å². The van der Waals surface area contributed by atoms with E-state index in [2.05, 4.69) is 0 Å². The number of aromatic hydroxyl groups is 5. The molecule has 0 aromatic heterocycles. The van der Waals surface area contributed by atoms with Gasteiger partial charge in [-0.05, 0) is 106 Å². The maximum atomic E-state index is 12.1. The van der Waals surface area contributed by atoms with Gasteiger partial charge < -0.3 is 94.8 Å². The van der Waals surface area contributed by atoms with Crippen molar-refractivity contribution >= 4 is 12.2 Å². The van der Waals surface area contributed by atoms with Crippen LogP contribution in [0.5, 0.6) is 51.7 Å². The Morgan fingerprint density at radius 1 is 0.411 bits per heavy atom. The van der Waals surface area contributed by atoms with E-state index < -0.39 is 98.7 Å². The Bertz CT molecular complexity index is 2940. The zero-order valence-electron chi connectivity index (χ0n) is 38.4. The zero-order valence-corrected chi connectivity index (χ0v) is 38.4. The van der Waals surface area contributed by atoms with Crippen molar-refractivity contribution < 1.29 is 94.8 Å². The number of benzene rings is 6. The van der Waals surface area contributed by atoms with Crippen LogP contribution in [0.3, 0.4) is 0 Å². The molecule has 19 heteroatoms. The van der Waals surface area contributed by atoms with E-state index in [0.717, 1.165) is 0 Å². The summed E-state index contributed by atoms with van der Waals surface area (Å²) < 4.78 is 35.8. The molecule has 6 aromatic carbocycles. The molecule has 2 saturated heterocycles. The summed E-state index contributed by atoms with van der Waals surface area (Å²) in [5, 5.41) is 136. The highest BCUT2D eigenvalue weighted by molar-refractivity contribution is 5.73. The number of aliphatic hydroxyl groups is 8. The van der Waals surface area contributed by atoms with Crippen LogP contribution in [0.15, 0.2) is 115 Å². The largest absolute Gasteiger partial charge is 0.508 e. The second-order valence-corrected chi connectivity index (χ2v) is 18.4.